The van der Waals surface area contributed by atoms with Crippen LogP contribution in [0.5, 0.6) is 0 Å². The molecule has 6 nitrogen and oxygen atoms in total. The number of carboxylic acid groups (broad SMARTS) is 1. The first-order valence-electron chi connectivity index (χ1n) is 4.50. The van der Waals surface area contributed by atoms with E-state index in [9.17, 15) is 19.5 Å². The zero-order valence-corrected chi connectivity index (χ0v) is 8.67. The molecule has 0 bridgehead atoms. The Morgan fingerprint density at radius 2 is 2.27 bits per heavy atom. The highest BCUT2D eigenvalue weighted by atomic mass is 32.2. The van der Waals surface area contributed by atoms with Gasteiger partial charge in [-0.25, -0.2) is 14.5 Å². The average Bonchev–Trinajstić information content (AvgIpc) is 2.74. The van der Waals surface area contributed by atoms with Gasteiger partial charge in [-0.1, -0.05) is 0 Å². The Balaban J connectivity index is 2.36. The Bertz CT molecular complexity index is 322. The van der Waals surface area contributed by atoms with Crippen LogP contribution < -0.4 is 5.32 Å². The SMILES string of the molecule is O=C1CNC(=O)N1C1(C(=O)O)CCSC1. The number of aliphatic carboxylic acids is 1. The second-order valence-electron chi connectivity index (χ2n) is 3.53. The Morgan fingerprint density at radius 3 is 2.67 bits per heavy atom. The molecule has 0 spiro atoms. The molecule has 0 saturated carbocycles. The van der Waals surface area contributed by atoms with Crippen LogP contribution >= 0.6 is 11.8 Å². The van der Waals surface area contributed by atoms with Gasteiger partial charge in [0, 0.05) is 5.75 Å². The van der Waals surface area contributed by atoms with E-state index in [1.54, 1.807) is 0 Å². The summed E-state index contributed by atoms with van der Waals surface area (Å²) in [5, 5.41) is 11.5. The lowest BCUT2D eigenvalue weighted by atomic mass is 9.97. The van der Waals surface area contributed by atoms with Crippen LogP contribution in [0.1, 0.15) is 6.42 Å². The molecule has 82 valence electrons. The fourth-order valence-corrected chi connectivity index (χ4v) is 3.21. The molecule has 0 radical (unpaired) electrons. The van der Waals surface area contributed by atoms with Crippen molar-refractivity contribution in [2.75, 3.05) is 18.1 Å². The maximum atomic E-state index is 11.5. The lowest BCUT2D eigenvalue weighted by Crippen LogP contribution is -2.57. The molecule has 2 aliphatic rings. The van der Waals surface area contributed by atoms with Crippen molar-refractivity contribution in [3.8, 4) is 0 Å². The molecule has 7 heteroatoms. The third-order valence-electron chi connectivity index (χ3n) is 2.67. The van der Waals surface area contributed by atoms with E-state index in [0.717, 1.165) is 4.90 Å². The lowest BCUT2D eigenvalue weighted by molar-refractivity contribution is -0.152. The zero-order chi connectivity index (χ0) is 11.1. The van der Waals surface area contributed by atoms with E-state index in [4.69, 9.17) is 0 Å². The molecular weight excluding hydrogens is 220 g/mol. The van der Waals surface area contributed by atoms with Crippen LogP contribution in [0.2, 0.25) is 0 Å². The molecule has 3 amide bonds. The van der Waals surface area contributed by atoms with E-state index >= 15 is 0 Å². The van der Waals surface area contributed by atoms with Crippen LogP contribution in [-0.2, 0) is 9.59 Å². The molecule has 2 N–H and O–H groups in total. The largest absolute Gasteiger partial charge is 0.479 e. The first-order chi connectivity index (χ1) is 7.08. The predicted molar refractivity (Wildman–Crippen MR) is 52.6 cm³/mol. The topological polar surface area (TPSA) is 86.7 Å². The molecule has 2 saturated heterocycles. The van der Waals surface area contributed by atoms with E-state index in [0.29, 0.717) is 12.2 Å². The number of imide groups is 1. The second-order valence-corrected chi connectivity index (χ2v) is 4.63. The standard InChI is InChI=1S/C8H10N2O4S/c11-5-3-9-7(14)10(5)8(6(12)13)1-2-15-4-8/h1-4H2,(H,9,14)(H,12,13). The van der Waals surface area contributed by atoms with Gasteiger partial charge in [-0.2, -0.15) is 11.8 Å². The van der Waals surface area contributed by atoms with Crippen LogP contribution in [0.4, 0.5) is 4.79 Å². The number of thioether (sulfide) groups is 1. The maximum absolute atomic E-state index is 11.5. The number of carboxylic acids is 1. The van der Waals surface area contributed by atoms with Gasteiger partial charge >= 0.3 is 12.0 Å². The van der Waals surface area contributed by atoms with Crippen molar-refractivity contribution in [2.24, 2.45) is 0 Å². The first-order valence-corrected chi connectivity index (χ1v) is 5.65. The van der Waals surface area contributed by atoms with Gasteiger partial charge in [0.2, 0.25) is 0 Å². The van der Waals surface area contributed by atoms with E-state index in [1.165, 1.54) is 11.8 Å². The first kappa shape index (κ1) is 10.3. The average molecular weight is 230 g/mol. The van der Waals surface area contributed by atoms with Crippen molar-refractivity contribution in [3.63, 3.8) is 0 Å². The third-order valence-corrected chi connectivity index (χ3v) is 3.84. The number of hydrogen-bond acceptors (Lipinski definition) is 4. The molecule has 0 aromatic carbocycles. The summed E-state index contributed by atoms with van der Waals surface area (Å²) < 4.78 is 0. The van der Waals surface area contributed by atoms with Gasteiger partial charge in [-0.05, 0) is 12.2 Å². The van der Waals surface area contributed by atoms with Gasteiger partial charge in [-0.3, -0.25) is 4.79 Å². The van der Waals surface area contributed by atoms with Gasteiger partial charge in [0.15, 0.2) is 5.54 Å². The quantitative estimate of drug-likeness (QED) is 0.624. The normalized spacial score (nSPS) is 30.8. The Hall–Kier alpha value is -1.24. The monoisotopic (exact) mass is 230 g/mol. The van der Waals surface area contributed by atoms with Gasteiger partial charge in [0.1, 0.15) is 0 Å². The number of carbonyl (C=O) groups excluding carboxylic acids is 2. The Labute approximate surface area is 90.0 Å². The van der Waals surface area contributed by atoms with E-state index in [-0.39, 0.29) is 12.3 Å². The van der Waals surface area contributed by atoms with Crippen molar-refractivity contribution >= 4 is 29.7 Å². The predicted octanol–water partition coefficient (Wildman–Crippen LogP) is -0.501. The second kappa shape index (κ2) is 3.41. The molecule has 15 heavy (non-hydrogen) atoms. The number of nitrogens with one attached hydrogen (secondary N) is 1. The summed E-state index contributed by atoms with van der Waals surface area (Å²) in [5.74, 6) is -0.618. The van der Waals surface area contributed by atoms with Gasteiger partial charge in [-0.15, -0.1) is 0 Å². The van der Waals surface area contributed by atoms with Crippen molar-refractivity contribution in [2.45, 2.75) is 12.0 Å². The molecule has 2 heterocycles. The summed E-state index contributed by atoms with van der Waals surface area (Å²) in [4.78, 5) is 34.9. The zero-order valence-electron chi connectivity index (χ0n) is 7.86. The van der Waals surface area contributed by atoms with Gasteiger partial charge in [0.05, 0.1) is 6.54 Å². The number of hydrogen-bond donors (Lipinski definition) is 2. The highest BCUT2D eigenvalue weighted by Crippen LogP contribution is 2.34. The van der Waals surface area contributed by atoms with Crippen LogP contribution in [0, 0.1) is 0 Å². The molecule has 2 aliphatic heterocycles. The van der Waals surface area contributed by atoms with E-state index in [2.05, 4.69) is 5.32 Å². The number of rotatable bonds is 2. The summed E-state index contributed by atoms with van der Waals surface area (Å²) in [6, 6.07) is -0.593. The number of carbonyl (C=O) groups is 3. The lowest BCUT2D eigenvalue weighted by Gasteiger charge is -2.31. The number of nitrogens with zero attached hydrogens (tertiary/aromatic N) is 1. The minimum Gasteiger partial charge on any atom is -0.479 e. The van der Waals surface area contributed by atoms with Crippen LogP contribution in [0.3, 0.4) is 0 Å². The third kappa shape index (κ3) is 1.38. The molecule has 0 aromatic heterocycles. The van der Waals surface area contributed by atoms with Crippen molar-refractivity contribution < 1.29 is 19.5 Å². The summed E-state index contributed by atoms with van der Waals surface area (Å²) in [7, 11) is 0. The highest BCUT2D eigenvalue weighted by Gasteiger charge is 2.54. The summed E-state index contributed by atoms with van der Waals surface area (Å²) >= 11 is 1.45. The maximum Gasteiger partial charge on any atom is 0.331 e. The van der Waals surface area contributed by atoms with Gasteiger partial charge in [0.25, 0.3) is 5.91 Å². The van der Waals surface area contributed by atoms with Crippen LogP contribution in [0.15, 0.2) is 0 Å². The molecule has 0 aliphatic carbocycles. The molecule has 1 atom stereocenters. The minimum atomic E-state index is -1.33. The summed E-state index contributed by atoms with van der Waals surface area (Å²) in [6.07, 6.45) is 0.326. The summed E-state index contributed by atoms with van der Waals surface area (Å²) in [5.41, 5.74) is -1.33. The molecule has 0 aromatic rings. The van der Waals surface area contributed by atoms with Crippen LogP contribution in [0.25, 0.3) is 0 Å². The summed E-state index contributed by atoms with van der Waals surface area (Å²) in [6.45, 7) is -0.0987. The van der Waals surface area contributed by atoms with Crippen molar-refractivity contribution in [1.82, 2.24) is 10.2 Å². The van der Waals surface area contributed by atoms with Gasteiger partial charge < -0.3 is 10.4 Å². The Kier molecular flexibility index (Phi) is 2.34. The minimum absolute atomic E-state index is 0.0987. The fraction of sp³-hybridized carbons (Fsp3) is 0.625. The molecule has 2 fully saturated rings. The number of amides is 3. The Morgan fingerprint density at radius 1 is 1.53 bits per heavy atom. The fourth-order valence-electron chi connectivity index (χ4n) is 1.85. The van der Waals surface area contributed by atoms with Crippen LogP contribution in [-0.4, -0.2) is 51.5 Å². The molecular formula is C8H10N2O4S. The molecule has 2 rings (SSSR count). The molecule has 1 unspecified atom stereocenters. The van der Waals surface area contributed by atoms with Crippen molar-refractivity contribution in [1.29, 1.82) is 0 Å². The number of urea groups is 1. The van der Waals surface area contributed by atoms with Crippen molar-refractivity contribution in [3.05, 3.63) is 0 Å². The van der Waals surface area contributed by atoms with E-state index in [1.807, 2.05) is 0 Å². The smallest absolute Gasteiger partial charge is 0.331 e. The highest BCUT2D eigenvalue weighted by molar-refractivity contribution is 7.99. The van der Waals surface area contributed by atoms with E-state index < -0.39 is 23.4 Å².